The summed E-state index contributed by atoms with van der Waals surface area (Å²) in [5.74, 6) is 0.795. The van der Waals surface area contributed by atoms with E-state index in [1.807, 2.05) is 0 Å². The van der Waals surface area contributed by atoms with Crippen LogP contribution in [0.2, 0.25) is 0 Å². The minimum absolute atomic E-state index is 0.795. The highest BCUT2D eigenvalue weighted by molar-refractivity contribution is 5.45. The molecule has 0 aliphatic heterocycles. The zero-order valence-corrected chi connectivity index (χ0v) is 9.75. The molecule has 1 heteroatoms. The summed E-state index contributed by atoms with van der Waals surface area (Å²) >= 11 is 0. The fourth-order valence-corrected chi connectivity index (χ4v) is 1.42. The molecule has 0 heterocycles. The second-order valence-corrected chi connectivity index (χ2v) is 4.49. The third kappa shape index (κ3) is 3.41. The Kier molecular flexibility index (Phi) is 3.99. The predicted octanol–water partition coefficient (Wildman–Crippen LogP) is 3.34. The Hall–Kier alpha value is -0.980. The lowest BCUT2D eigenvalue weighted by Crippen LogP contribution is -2.08. The van der Waals surface area contributed by atoms with Crippen LogP contribution in [0.1, 0.15) is 25.8 Å². The quantitative estimate of drug-likeness (QED) is 0.705. The number of benzene rings is 1. The van der Waals surface area contributed by atoms with Crippen LogP contribution in [-0.2, 0) is 6.42 Å². The Balaban J connectivity index is 2.55. The molecule has 0 bridgehead atoms. The maximum absolute atomic E-state index is 2.27. The highest BCUT2D eigenvalue weighted by atomic mass is 15.1. The van der Waals surface area contributed by atoms with E-state index in [0.29, 0.717) is 0 Å². The van der Waals surface area contributed by atoms with Crippen molar-refractivity contribution in [2.45, 2.75) is 26.7 Å². The van der Waals surface area contributed by atoms with Crippen molar-refractivity contribution in [3.05, 3.63) is 29.8 Å². The summed E-state index contributed by atoms with van der Waals surface area (Å²) in [7, 11) is 4.15. The van der Waals surface area contributed by atoms with Crippen molar-refractivity contribution in [2.75, 3.05) is 19.0 Å². The van der Waals surface area contributed by atoms with Gasteiger partial charge in [-0.25, -0.2) is 0 Å². The first-order valence-electron chi connectivity index (χ1n) is 5.36. The van der Waals surface area contributed by atoms with Gasteiger partial charge in [-0.05, 0) is 36.5 Å². The molecule has 0 aliphatic rings. The molecule has 0 saturated heterocycles. The zero-order chi connectivity index (χ0) is 10.6. The third-order valence-electron chi connectivity index (χ3n) is 2.46. The van der Waals surface area contributed by atoms with Crippen LogP contribution in [0.3, 0.4) is 0 Å². The van der Waals surface area contributed by atoms with E-state index in [0.717, 1.165) is 5.92 Å². The van der Waals surface area contributed by atoms with Gasteiger partial charge in [0.25, 0.3) is 0 Å². The Morgan fingerprint density at radius 3 is 2.07 bits per heavy atom. The molecule has 1 nitrogen and oxygen atoms in total. The molecule has 1 aromatic carbocycles. The summed E-state index contributed by atoms with van der Waals surface area (Å²) < 4.78 is 0. The monoisotopic (exact) mass is 191 g/mol. The minimum Gasteiger partial charge on any atom is -0.378 e. The molecule has 0 amide bonds. The van der Waals surface area contributed by atoms with Gasteiger partial charge in [0.15, 0.2) is 0 Å². The average Bonchev–Trinajstić information content (AvgIpc) is 2.15. The van der Waals surface area contributed by atoms with E-state index in [1.165, 1.54) is 24.1 Å². The number of aryl methyl sites for hydroxylation is 1. The lowest BCUT2D eigenvalue weighted by atomic mass is 10.0. The van der Waals surface area contributed by atoms with Crippen molar-refractivity contribution in [1.82, 2.24) is 0 Å². The summed E-state index contributed by atoms with van der Waals surface area (Å²) in [6.45, 7) is 4.54. The van der Waals surface area contributed by atoms with Gasteiger partial charge in [-0.1, -0.05) is 26.0 Å². The molecule has 0 N–H and O–H groups in total. The highest BCUT2D eigenvalue weighted by Crippen LogP contribution is 2.14. The first kappa shape index (κ1) is 11.1. The van der Waals surface area contributed by atoms with Gasteiger partial charge in [0, 0.05) is 19.8 Å². The van der Waals surface area contributed by atoms with E-state index >= 15 is 0 Å². The number of hydrogen-bond donors (Lipinski definition) is 0. The van der Waals surface area contributed by atoms with Crippen LogP contribution in [0.25, 0.3) is 0 Å². The molecule has 0 atom stereocenters. The number of hydrogen-bond acceptors (Lipinski definition) is 1. The smallest absolute Gasteiger partial charge is 0.0361 e. The molecular formula is C13H21N. The second-order valence-electron chi connectivity index (χ2n) is 4.49. The summed E-state index contributed by atoms with van der Waals surface area (Å²) in [6, 6.07) is 8.85. The van der Waals surface area contributed by atoms with Crippen LogP contribution in [0.5, 0.6) is 0 Å². The molecule has 0 unspecified atom stereocenters. The summed E-state index contributed by atoms with van der Waals surface area (Å²) in [4.78, 5) is 2.13. The standard InChI is InChI=1S/C13H21N/c1-11(2)5-6-12-7-9-13(10-8-12)14(3)4/h7-11H,5-6H2,1-4H3. The van der Waals surface area contributed by atoms with Crippen LogP contribution >= 0.6 is 0 Å². The van der Waals surface area contributed by atoms with Crippen molar-refractivity contribution < 1.29 is 0 Å². The molecule has 1 aromatic rings. The minimum atomic E-state index is 0.795. The first-order valence-corrected chi connectivity index (χ1v) is 5.36. The van der Waals surface area contributed by atoms with Gasteiger partial charge < -0.3 is 4.90 Å². The molecule has 0 saturated carbocycles. The molecule has 0 radical (unpaired) electrons. The van der Waals surface area contributed by atoms with Crippen LogP contribution in [0, 0.1) is 5.92 Å². The summed E-state index contributed by atoms with van der Waals surface area (Å²) in [5.41, 5.74) is 2.72. The number of nitrogens with zero attached hydrogens (tertiary/aromatic N) is 1. The predicted molar refractivity (Wildman–Crippen MR) is 63.9 cm³/mol. The van der Waals surface area contributed by atoms with Gasteiger partial charge in [0.05, 0.1) is 0 Å². The fourth-order valence-electron chi connectivity index (χ4n) is 1.42. The van der Waals surface area contributed by atoms with Gasteiger partial charge in [-0.2, -0.15) is 0 Å². The Morgan fingerprint density at radius 2 is 1.64 bits per heavy atom. The third-order valence-corrected chi connectivity index (χ3v) is 2.46. The number of rotatable bonds is 4. The van der Waals surface area contributed by atoms with Gasteiger partial charge in [-0.15, -0.1) is 0 Å². The van der Waals surface area contributed by atoms with Crippen LogP contribution in [0.15, 0.2) is 24.3 Å². The largest absolute Gasteiger partial charge is 0.378 e. The van der Waals surface area contributed by atoms with Gasteiger partial charge in [0.1, 0.15) is 0 Å². The van der Waals surface area contributed by atoms with E-state index in [-0.39, 0.29) is 0 Å². The molecule has 0 aliphatic carbocycles. The van der Waals surface area contributed by atoms with Gasteiger partial charge >= 0.3 is 0 Å². The average molecular weight is 191 g/mol. The van der Waals surface area contributed by atoms with Crippen molar-refractivity contribution in [3.8, 4) is 0 Å². The lowest BCUT2D eigenvalue weighted by Gasteiger charge is -2.12. The Bertz CT molecular complexity index is 259. The van der Waals surface area contributed by atoms with E-state index in [2.05, 4.69) is 57.1 Å². The maximum atomic E-state index is 2.27. The Morgan fingerprint density at radius 1 is 1.07 bits per heavy atom. The topological polar surface area (TPSA) is 3.24 Å². The van der Waals surface area contributed by atoms with E-state index in [9.17, 15) is 0 Å². The number of anilines is 1. The molecule has 1 rings (SSSR count). The van der Waals surface area contributed by atoms with Crippen molar-refractivity contribution >= 4 is 5.69 Å². The van der Waals surface area contributed by atoms with Crippen molar-refractivity contribution in [1.29, 1.82) is 0 Å². The SMILES string of the molecule is CC(C)CCc1ccc(N(C)C)cc1. The van der Waals surface area contributed by atoms with Crippen molar-refractivity contribution in [3.63, 3.8) is 0 Å². The van der Waals surface area contributed by atoms with Crippen molar-refractivity contribution in [2.24, 2.45) is 5.92 Å². The van der Waals surface area contributed by atoms with Crippen LogP contribution < -0.4 is 4.90 Å². The normalized spacial score (nSPS) is 10.6. The first-order chi connectivity index (χ1) is 6.59. The van der Waals surface area contributed by atoms with E-state index in [1.54, 1.807) is 0 Å². The fraction of sp³-hybridized carbons (Fsp3) is 0.538. The molecule has 14 heavy (non-hydrogen) atoms. The van der Waals surface area contributed by atoms with E-state index < -0.39 is 0 Å². The molecule has 78 valence electrons. The molecule has 0 aromatic heterocycles. The zero-order valence-electron chi connectivity index (χ0n) is 9.75. The van der Waals surface area contributed by atoms with Crippen LogP contribution in [0.4, 0.5) is 5.69 Å². The molecule has 0 spiro atoms. The summed E-state index contributed by atoms with van der Waals surface area (Å²) in [6.07, 6.45) is 2.48. The van der Waals surface area contributed by atoms with Crippen LogP contribution in [-0.4, -0.2) is 14.1 Å². The van der Waals surface area contributed by atoms with E-state index in [4.69, 9.17) is 0 Å². The second kappa shape index (κ2) is 5.04. The molecular weight excluding hydrogens is 170 g/mol. The van der Waals surface area contributed by atoms with Gasteiger partial charge in [0.2, 0.25) is 0 Å². The summed E-state index contributed by atoms with van der Waals surface area (Å²) in [5, 5.41) is 0. The molecule has 0 fully saturated rings. The maximum Gasteiger partial charge on any atom is 0.0361 e. The Labute approximate surface area is 87.7 Å². The highest BCUT2D eigenvalue weighted by Gasteiger charge is 1.98. The van der Waals surface area contributed by atoms with Gasteiger partial charge in [-0.3, -0.25) is 0 Å². The lowest BCUT2D eigenvalue weighted by molar-refractivity contribution is 0.587.